The Morgan fingerprint density at radius 2 is 1.44 bits per heavy atom. The highest BCUT2D eigenvalue weighted by Gasteiger charge is 2.25. The number of aryl methyl sites for hydroxylation is 1. The predicted molar refractivity (Wildman–Crippen MR) is 100 cm³/mol. The van der Waals surface area contributed by atoms with Gasteiger partial charge in [-0.3, -0.25) is 15.3 Å². The molecule has 1 amide bonds. The summed E-state index contributed by atoms with van der Waals surface area (Å²) in [5.41, 5.74) is 6.05. The van der Waals surface area contributed by atoms with Crippen LogP contribution >= 0.6 is 0 Å². The van der Waals surface area contributed by atoms with Gasteiger partial charge in [0.25, 0.3) is 5.91 Å². The van der Waals surface area contributed by atoms with E-state index < -0.39 is 18.1 Å². The van der Waals surface area contributed by atoms with Gasteiger partial charge in [0.05, 0.1) is 6.10 Å². The van der Waals surface area contributed by atoms with Crippen molar-refractivity contribution < 1.29 is 15.1 Å². The van der Waals surface area contributed by atoms with Crippen molar-refractivity contribution in [2.24, 2.45) is 0 Å². The summed E-state index contributed by atoms with van der Waals surface area (Å²) in [6, 6.07) is 15.3. The summed E-state index contributed by atoms with van der Waals surface area (Å²) >= 11 is 0. The molecule has 0 aliphatic heterocycles. The highest BCUT2D eigenvalue weighted by Crippen LogP contribution is 2.22. The molecule has 0 bridgehead atoms. The number of carbonyl (C=O) groups is 1. The van der Waals surface area contributed by atoms with Gasteiger partial charge in [0.2, 0.25) is 0 Å². The lowest BCUT2D eigenvalue weighted by Gasteiger charge is -2.24. The number of amides is 1. The average Bonchev–Trinajstić information content (AvgIpc) is 2.59. The molecule has 2 aromatic carbocycles. The quantitative estimate of drug-likeness (QED) is 0.479. The van der Waals surface area contributed by atoms with E-state index in [-0.39, 0.29) is 13.5 Å². The third-order valence-corrected chi connectivity index (χ3v) is 4.10. The summed E-state index contributed by atoms with van der Waals surface area (Å²) in [6.07, 6.45) is -0.925. The van der Waals surface area contributed by atoms with E-state index in [0.29, 0.717) is 0 Å². The van der Waals surface area contributed by atoms with Gasteiger partial charge in [-0.2, -0.15) is 0 Å². The molecule has 0 aromatic heterocycles. The molecule has 0 aliphatic rings. The first kappa shape index (κ1) is 20.8. The molecule has 0 saturated carbocycles. The molecule has 0 radical (unpaired) electrons. The number of hydrogen-bond acceptors (Lipinski definition) is 4. The maximum atomic E-state index is 11.6. The molecule has 4 N–H and O–H groups in total. The maximum Gasteiger partial charge on any atom is 0.263 e. The first-order chi connectivity index (χ1) is 11.4. The SMILES string of the molecule is C.Cc1ccc(-c2ccc(C(C)N[C@H](C(=O)NO)[C@@H](C)O)cc2)cc1. The number of hydroxylamine groups is 1. The molecule has 2 aromatic rings. The van der Waals surface area contributed by atoms with Gasteiger partial charge < -0.3 is 5.11 Å². The molecule has 1 unspecified atom stereocenters. The molecule has 136 valence electrons. The zero-order chi connectivity index (χ0) is 17.7. The van der Waals surface area contributed by atoms with Gasteiger partial charge in [-0.05, 0) is 37.5 Å². The van der Waals surface area contributed by atoms with Crippen molar-refractivity contribution in [2.45, 2.75) is 46.4 Å². The third-order valence-electron chi connectivity index (χ3n) is 4.10. The fraction of sp³-hybridized carbons (Fsp3) is 0.350. The molecule has 2 rings (SSSR count). The molecule has 0 fully saturated rings. The van der Waals surface area contributed by atoms with E-state index in [4.69, 9.17) is 5.21 Å². The Hall–Kier alpha value is -2.21. The molecular formula is C20H28N2O3. The van der Waals surface area contributed by atoms with Crippen LogP contribution in [0.25, 0.3) is 11.1 Å². The van der Waals surface area contributed by atoms with E-state index in [1.54, 1.807) is 5.48 Å². The van der Waals surface area contributed by atoms with Crippen molar-refractivity contribution in [2.75, 3.05) is 0 Å². The van der Waals surface area contributed by atoms with Crippen LogP contribution < -0.4 is 10.8 Å². The van der Waals surface area contributed by atoms with E-state index in [1.807, 2.05) is 31.2 Å². The second-order valence-electron chi connectivity index (χ2n) is 6.07. The minimum absolute atomic E-state index is 0. The fourth-order valence-corrected chi connectivity index (χ4v) is 2.58. The molecule has 5 nitrogen and oxygen atoms in total. The Bertz CT molecular complexity index is 666. The number of aliphatic hydroxyl groups excluding tert-OH is 1. The van der Waals surface area contributed by atoms with Crippen LogP contribution in [0.5, 0.6) is 0 Å². The van der Waals surface area contributed by atoms with Crippen LogP contribution in [0.1, 0.15) is 38.4 Å². The predicted octanol–water partition coefficient (Wildman–Crippen LogP) is 3.20. The number of hydrogen-bond donors (Lipinski definition) is 4. The summed E-state index contributed by atoms with van der Waals surface area (Å²) < 4.78 is 0. The molecule has 0 heterocycles. The van der Waals surface area contributed by atoms with Gasteiger partial charge in [-0.25, -0.2) is 5.48 Å². The van der Waals surface area contributed by atoms with E-state index in [0.717, 1.165) is 16.7 Å². The lowest BCUT2D eigenvalue weighted by atomic mass is 10.00. The topological polar surface area (TPSA) is 81.6 Å². The smallest absolute Gasteiger partial charge is 0.263 e. The van der Waals surface area contributed by atoms with Gasteiger partial charge in [-0.15, -0.1) is 0 Å². The van der Waals surface area contributed by atoms with Crippen molar-refractivity contribution in [3.8, 4) is 11.1 Å². The minimum atomic E-state index is -0.925. The average molecular weight is 344 g/mol. The lowest BCUT2D eigenvalue weighted by molar-refractivity contribution is -0.134. The van der Waals surface area contributed by atoms with Crippen molar-refractivity contribution >= 4 is 5.91 Å². The minimum Gasteiger partial charge on any atom is -0.391 e. The van der Waals surface area contributed by atoms with Crippen LogP contribution in [0.3, 0.4) is 0 Å². The number of nitrogens with one attached hydrogen (secondary N) is 2. The first-order valence-electron chi connectivity index (χ1n) is 7.97. The Balaban J connectivity index is 0.00000312. The standard InChI is InChI=1S/C19H24N2O3.CH4/c1-12-4-6-16(7-5-12)17-10-8-15(9-11-17)13(2)20-18(14(3)22)19(23)21-24;/h4-11,13-14,18,20,22,24H,1-3H3,(H,21,23);1H4/t13?,14-,18+;/m1./s1. The highest BCUT2D eigenvalue weighted by atomic mass is 16.5. The first-order valence-corrected chi connectivity index (χ1v) is 7.97. The van der Waals surface area contributed by atoms with Crippen LogP contribution in [0.15, 0.2) is 48.5 Å². The largest absolute Gasteiger partial charge is 0.391 e. The van der Waals surface area contributed by atoms with Gasteiger partial charge in [0.1, 0.15) is 6.04 Å². The summed E-state index contributed by atoms with van der Waals surface area (Å²) in [5, 5.41) is 21.5. The maximum absolute atomic E-state index is 11.6. The van der Waals surface area contributed by atoms with Crippen LogP contribution in [0, 0.1) is 6.92 Å². The summed E-state index contributed by atoms with van der Waals surface area (Å²) in [6.45, 7) is 5.46. The van der Waals surface area contributed by atoms with E-state index in [9.17, 15) is 9.90 Å². The number of rotatable bonds is 6. The zero-order valence-electron chi connectivity index (χ0n) is 14.2. The van der Waals surface area contributed by atoms with Gasteiger partial charge in [-0.1, -0.05) is 61.5 Å². The Labute approximate surface area is 149 Å². The molecule has 0 spiro atoms. The Morgan fingerprint density at radius 3 is 1.88 bits per heavy atom. The van der Waals surface area contributed by atoms with E-state index in [2.05, 4.69) is 36.5 Å². The van der Waals surface area contributed by atoms with Crippen molar-refractivity contribution in [3.05, 3.63) is 59.7 Å². The van der Waals surface area contributed by atoms with Gasteiger partial charge in [0.15, 0.2) is 0 Å². The molecule has 3 atom stereocenters. The summed E-state index contributed by atoms with van der Waals surface area (Å²) in [4.78, 5) is 11.6. The van der Waals surface area contributed by atoms with E-state index >= 15 is 0 Å². The summed E-state index contributed by atoms with van der Waals surface area (Å²) in [5.74, 6) is -0.659. The van der Waals surface area contributed by atoms with E-state index in [1.165, 1.54) is 12.5 Å². The number of carbonyl (C=O) groups excluding carboxylic acids is 1. The molecular weight excluding hydrogens is 316 g/mol. The molecule has 0 aliphatic carbocycles. The summed E-state index contributed by atoms with van der Waals surface area (Å²) in [7, 11) is 0. The number of aliphatic hydroxyl groups is 1. The van der Waals surface area contributed by atoms with Crippen LogP contribution in [0.2, 0.25) is 0 Å². The zero-order valence-corrected chi connectivity index (χ0v) is 14.2. The van der Waals surface area contributed by atoms with Crippen LogP contribution in [0.4, 0.5) is 0 Å². The highest BCUT2D eigenvalue weighted by molar-refractivity contribution is 5.81. The molecule has 5 heteroatoms. The second kappa shape index (κ2) is 9.32. The van der Waals surface area contributed by atoms with Crippen LogP contribution in [-0.2, 0) is 4.79 Å². The lowest BCUT2D eigenvalue weighted by Crippen LogP contribution is -2.50. The third kappa shape index (κ3) is 5.39. The second-order valence-corrected chi connectivity index (χ2v) is 6.07. The van der Waals surface area contributed by atoms with Gasteiger partial charge in [0, 0.05) is 6.04 Å². The Morgan fingerprint density at radius 1 is 0.960 bits per heavy atom. The van der Waals surface area contributed by atoms with Crippen LogP contribution in [-0.4, -0.2) is 28.4 Å². The van der Waals surface area contributed by atoms with Crippen molar-refractivity contribution in [1.82, 2.24) is 10.8 Å². The Kier molecular flexibility index (Phi) is 7.77. The van der Waals surface area contributed by atoms with Crippen molar-refractivity contribution in [1.29, 1.82) is 0 Å². The molecule has 0 saturated heterocycles. The molecule has 25 heavy (non-hydrogen) atoms. The number of benzene rings is 2. The fourth-order valence-electron chi connectivity index (χ4n) is 2.58. The van der Waals surface area contributed by atoms with Gasteiger partial charge >= 0.3 is 0 Å². The normalized spacial score (nSPS) is 14.1. The monoisotopic (exact) mass is 344 g/mol. The van der Waals surface area contributed by atoms with Crippen molar-refractivity contribution in [3.63, 3.8) is 0 Å².